The number of aromatic nitrogens is 3. The van der Waals surface area contributed by atoms with Crippen molar-refractivity contribution >= 4 is 22.8 Å². The Kier molecular flexibility index (Phi) is 2.88. The molecule has 0 saturated carbocycles. The van der Waals surface area contributed by atoms with Gasteiger partial charge in [0, 0.05) is 6.20 Å². The number of aryl methyl sites for hydroxylation is 1. The van der Waals surface area contributed by atoms with Gasteiger partial charge in [-0.05, 0) is 37.1 Å². The molecule has 0 saturated heterocycles. The third-order valence-corrected chi connectivity index (χ3v) is 3.20. The number of allylic oxidation sites excluding steroid dienone is 1. The zero-order valence-electron chi connectivity index (χ0n) is 11.0. The van der Waals surface area contributed by atoms with Crippen LogP contribution in [0.1, 0.15) is 18.1 Å². The first kappa shape index (κ1) is 11.7. The summed E-state index contributed by atoms with van der Waals surface area (Å²) < 4.78 is 1.82. The van der Waals surface area contributed by atoms with Crippen LogP contribution in [0.15, 0.2) is 48.5 Å². The Morgan fingerprint density at radius 1 is 1.05 bits per heavy atom. The number of nitrogens with zero attached hydrogens (tertiary/aromatic N) is 3. The molecule has 0 fully saturated rings. The second-order valence-electron chi connectivity index (χ2n) is 4.70. The normalized spacial score (nSPS) is 12.0. The molecule has 0 unspecified atom stereocenters. The van der Waals surface area contributed by atoms with Crippen LogP contribution in [0.2, 0.25) is 0 Å². The van der Waals surface area contributed by atoms with Gasteiger partial charge in [0.05, 0.1) is 5.52 Å². The average molecular weight is 249 g/mol. The van der Waals surface area contributed by atoms with Crippen molar-refractivity contribution in [3.63, 3.8) is 0 Å². The molecule has 3 aromatic rings. The molecule has 0 radical (unpaired) electrons. The van der Waals surface area contributed by atoms with Gasteiger partial charge < -0.3 is 0 Å². The lowest BCUT2D eigenvalue weighted by Crippen LogP contribution is -1.91. The molecule has 3 heteroatoms. The maximum atomic E-state index is 4.17. The van der Waals surface area contributed by atoms with Crippen molar-refractivity contribution in [3.05, 3.63) is 59.7 Å². The number of benzene rings is 2. The summed E-state index contributed by atoms with van der Waals surface area (Å²) in [7, 11) is 0. The molecule has 0 bridgehead atoms. The fourth-order valence-electron chi connectivity index (χ4n) is 2.06. The molecule has 0 aliphatic heterocycles. The van der Waals surface area contributed by atoms with E-state index in [-0.39, 0.29) is 0 Å². The minimum absolute atomic E-state index is 0.912. The summed E-state index contributed by atoms with van der Waals surface area (Å²) in [5.41, 5.74) is 5.56. The van der Waals surface area contributed by atoms with Crippen LogP contribution in [0.25, 0.3) is 22.8 Å². The van der Waals surface area contributed by atoms with Gasteiger partial charge in [0.25, 0.3) is 0 Å². The first-order chi connectivity index (χ1) is 9.24. The number of rotatable bonds is 2. The fourth-order valence-corrected chi connectivity index (χ4v) is 2.06. The monoisotopic (exact) mass is 249 g/mol. The molecule has 0 aliphatic rings. The Balaban J connectivity index is 2.03. The highest BCUT2D eigenvalue weighted by Gasteiger charge is 2.02. The van der Waals surface area contributed by atoms with Gasteiger partial charge in [-0.15, -0.1) is 5.10 Å². The number of hydrogen-bond acceptors (Lipinski definition) is 2. The quantitative estimate of drug-likeness (QED) is 0.692. The SMILES string of the molecule is C/C(=C\n1nnc2ccccc21)c1ccc(C)cc1. The molecule has 0 amide bonds. The van der Waals surface area contributed by atoms with Gasteiger partial charge in [-0.2, -0.15) is 0 Å². The van der Waals surface area contributed by atoms with Crippen molar-refractivity contribution in [1.82, 2.24) is 15.0 Å². The lowest BCUT2D eigenvalue weighted by molar-refractivity contribution is 0.861. The predicted molar refractivity (Wildman–Crippen MR) is 78.5 cm³/mol. The average Bonchev–Trinajstić information content (AvgIpc) is 2.83. The molecule has 1 heterocycles. The largest absolute Gasteiger partial charge is 0.220 e. The number of para-hydroxylation sites is 1. The summed E-state index contributed by atoms with van der Waals surface area (Å²) in [4.78, 5) is 0. The fraction of sp³-hybridized carbons (Fsp3) is 0.125. The molecular formula is C16H15N3. The summed E-state index contributed by atoms with van der Waals surface area (Å²) in [6.07, 6.45) is 2.01. The Morgan fingerprint density at radius 2 is 1.79 bits per heavy atom. The maximum Gasteiger partial charge on any atom is 0.113 e. The molecule has 0 atom stereocenters. The van der Waals surface area contributed by atoms with E-state index in [9.17, 15) is 0 Å². The Labute approximate surface area is 112 Å². The standard InChI is InChI=1S/C16H15N3/c1-12-7-9-14(10-8-12)13(2)11-19-16-6-4-3-5-15(16)17-18-19/h3-11H,1-2H3/b13-11+. The van der Waals surface area contributed by atoms with Crippen LogP contribution in [0.4, 0.5) is 0 Å². The van der Waals surface area contributed by atoms with Gasteiger partial charge in [0.2, 0.25) is 0 Å². The molecule has 1 aromatic heterocycles. The number of fused-ring (bicyclic) bond motifs is 1. The Morgan fingerprint density at radius 3 is 2.58 bits per heavy atom. The summed E-state index contributed by atoms with van der Waals surface area (Å²) in [5.74, 6) is 0. The molecule has 0 aliphatic carbocycles. The van der Waals surface area contributed by atoms with Crippen molar-refractivity contribution in [1.29, 1.82) is 0 Å². The second-order valence-corrected chi connectivity index (χ2v) is 4.70. The van der Waals surface area contributed by atoms with Crippen LogP contribution in [0.3, 0.4) is 0 Å². The van der Waals surface area contributed by atoms with E-state index in [2.05, 4.69) is 48.4 Å². The first-order valence-corrected chi connectivity index (χ1v) is 6.29. The van der Waals surface area contributed by atoms with Gasteiger partial charge in [-0.25, -0.2) is 4.68 Å². The number of hydrogen-bond donors (Lipinski definition) is 0. The predicted octanol–water partition coefficient (Wildman–Crippen LogP) is 3.76. The van der Waals surface area contributed by atoms with Gasteiger partial charge in [0.1, 0.15) is 5.52 Å². The minimum atomic E-state index is 0.912. The summed E-state index contributed by atoms with van der Waals surface area (Å²) in [6, 6.07) is 16.4. The molecule has 0 spiro atoms. The molecule has 3 nitrogen and oxygen atoms in total. The lowest BCUT2D eigenvalue weighted by Gasteiger charge is -2.02. The molecule has 94 valence electrons. The van der Waals surface area contributed by atoms with Gasteiger partial charge in [-0.1, -0.05) is 47.2 Å². The van der Waals surface area contributed by atoms with Crippen LogP contribution in [-0.2, 0) is 0 Å². The molecule has 0 N–H and O–H groups in total. The van der Waals surface area contributed by atoms with Crippen LogP contribution >= 0.6 is 0 Å². The van der Waals surface area contributed by atoms with E-state index in [4.69, 9.17) is 0 Å². The Hall–Kier alpha value is -2.42. The zero-order valence-corrected chi connectivity index (χ0v) is 11.0. The molecule has 3 rings (SSSR count). The van der Waals surface area contributed by atoms with Gasteiger partial charge in [0.15, 0.2) is 0 Å². The van der Waals surface area contributed by atoms with Crippen LogP contribution < -0.4 is 0 Å². The maximum absolute atomic E-state index is 4.17. The van der Waals surface area contributed by atoms with Crippen LogP contribution in [0.5, 0.6) is 0 Å². The van der Waals surface area contributed by atoms with E-state index >= 15 is 0 Å². The zero-order chi connectivity index (χ0) is 13.2. The topological polar surface area (TPSA) is 30.7 Å². The highest BCUT2D eigenvalue weighted by atomic mass is 15.4. The van der Waals surface area contributed by atoms with Gasteiger partial charge in [-0.3, -0.25) is 0 Å². The smallest absolute Gasteiger partial charge is 0.113 e. The summed E-state index contributed by atoms with van der Waals surface area (Å²) in [6.45, 7) is 4.18. The van der Waals surface area contributed by atoms with E-state index in [0.29, 0.717) is 0 Å². The van der Waals surface area contributed by atoms with E-state index in [1.54, 1.807) is 0 Å². The molecule has 2 aromatic carbocycles. The van der Waals surface area contributed by atoms with Crippen molar-refractivity contribution in [2.24, 2.45) is 0 Å². The highest BCUT2D eigenvalue weighted by molar-refractivity contribution is 5.81. The first-order valence-electron chi connectivity index (χ1n) is 6.29. The Bertz CT molecular complexity index is 736. The third-order valence-electron chi connectivity index (χ3n) is 3.20. The van der Waals surface area contributed by atoms with Crippen molar-refractivity contribution in [3.8, 4) is 0 Å². The van der Waals surface area contributed by atoms with E-state index in [1.165, 1.54) is 11.1 Å². The lowest BCUT2D eigenvalue weighted by atomic mass is 10.1. The second kappa shape index (κ2) is 4.69. The third kappa shape index (κ3) is 2.27. The van der Waals surface area contributed by atoms with Crippen LogP contribution in [-0.4, -0.2) is 15.0 Å². The van der Waals surface area contributed by atoms with Crippen molar-refractivity contribution < 1.29 is 0 Å². The van der Waals surface area contributed by atoms with Crippen LogP contribution in [0, 0.1) is 6.92 Å². The molecular weight excluding hydrogens is 234 g/mol. The van der Waals surface area contributed by atoms with Gasteiger partial charge >= 0.3 is 0 Å². The minimum Gasteiger partial charge on any atom is -0.220 e. The summed E-state index contributed by atoms with van der Waals surface area (Å²) in [5, 5.41) is 8.32. The van der Waals surface area contributed by atoms with E-state index < -0.39 is 0 Å². The van der Waals surface area contributed by atoms with Crippen molar-refractivity contribution in [2.75, 3.05) is 0 Å². The molecule has 19 heavy (non-hydrogen) atoms. The van der Waals surface area contributed by atoms with Crippen molar-refractivity contribution in [2.45, 2.75) is 13.8 Å². The van der Waals surface area contributed by atoms with E-state index in [1.807, 2.05) is 35.1 Å². The summed E-state index contributed by atoms with van der Waals surface area (Å²) >= 11 is 0. The highest BCUT2D eigenvalue weighted by Crippen LogP contribution is 2.17. The van der Waals surface area contributed by atoms with E-state index in [0.717, 1.165) is 16.6 Å².